The van der Waals surface area contributed by atoms with Crippen molar-refractivity contribution in [2.24, 2.45) is 0 Å². The van der Waals surface area contributed by atoms with Gasteiger partial charge in [-0.15, -0.1) is 0 Å². The Bertz CT molecular complexity index is 432. The van der Waals surface area contributed by atoms with Crippen LogP contribution in [0.15, 0.2) is 24.3 Å². The Balaban J connectivity index is 2.50. The highest BCUT2D eigenvalue weighted by Gasteiger charge is 2.14. The van der Waals surface area contributed by atoms with Crippen molar-refractivity contribution in [1.29, 1.82) is 0 Å². The van der Waals surface area contributed by atoms with E-state index in [-0.39, 0.29) is 6.61 Å². The molecule has 2 N–H and O–H groups in total. The van der Waals surface area contributed by atoms with Crippen molar-refractivity contribution in [3.63, 3.8) is 0 Å². The number of benzene rings is 1. The molecule has 98 valence electrons. The summed E-state index contributed by atoms with van der Waals surface area (Å²) in [7, 11) is 1.49. The van der Waals surface area contributed by atoms with Gasteiger partial charge in [-0.25, -0.2) is 0 Å². The predicted octanol–water partition coefficient (Wildman–Crippen LogP) is 0.663. The lowest BCUT2D eigenvalue weighted by Crippen LogP contribution is -2.40. The number of carbonyl (C=O) groups excluding carboxylic acids is 1. The molecule has 0 fully saturated rings. The molecule has 0 aliphatic heterocycles. The predicted molar refractivity (Wildman–Crippen MR) is 63.7 cm³/mol. The highest BCUT2D eigenvalue weighted by Crippen LogP contribution is 2.25. The Morgan fingerprint density at radius 2 is 1.94 bits per heavy atom. The molecule has 0 radical (unpaired) electrons. The molecule has 18 heavy (non-hydrogen) atoms. The molecule has 0 bridgehead atoms. The minimum Gasteiger partial charge on any atom is -0.493 e. The molecule has 0 saturated heterocycles. The lowest BCUT2D eigenvalue weighted by Gasteiger charge is -2.12. The third-order valence-electron chi connectivity index (χ3n) is 2.18. The van der Waals surface area contributed by atoms with Crippen LogP contribution in [-0.4, -0.2) is 36.7 Å². The van der Waals surface area contributed by atoms with Crippen LogP contribution >= 0.6 is 0 Å². The SMILES string of the molecule is COc1ccccc1OCC(=O)NC(C)C(=O)O. The van der Waals surface area contributed by atoms with E-state index < -0.39 is 17.9 Å². The van der Waals surface area contributed by atoms with Gasteiger partial charge in [0.1, 0.15) is 6.04 Å². The standard InChI is InChI=1S/C12H15NO5/c1-8(12(15)16)13-11(14)7-18-10-6-4-3-5-9(10)17-2/h3-6,8H,7H2,1-2H3,(H,13,14)(H,15,16). The average molecular weight is 253 g/mol. The number of amides is 1. The molecule has 0 saturated carbocycles. The van der Waals surface area contributed by atoms with Gasteiger partial charge in [-0.3, -0.25) is 9.59 Å². The van der Waals surface area contributed by atoms with E-state index in [0.717, 1.165) is 0 Å². The molecule has 0 aliphatic rings. The normalized spacial score (nSPS) is 11.4. The first kappa shape index (κ1) is 13.8. The Kier molecular flexibility index (Phi) is 4.98. The van der Waals surface area contributed by atoms with Crippen molar-refractivity contribution in [2.75, 3.05) is 13.7 Å². The number of carboxylic acid groups (broad SMARTS) is 1. The second-order valence-corrected chi connectivity index (χ2v) is 3.57. The van der Waals surface area contributed by atoms with E-state index in [1.807, 2.05) is 0 Å². The number of hydrogen-bond donors (Lipinski definition) is 2. The summed E-state index contributed by atoms with van der Waals surface area (Å²) in [5.41, 5.74) is 0. The summed E-state index contributed by atoms with van der Waals surface area (Å²) in [6.07, 6.45) is 0. The van der Waals surface area contributed by atoms with Crippen molar-refractivity contribution in [3.05, 3.63) is 24.3 Å². The van der Waals surface area contributed by atoms with Crippen LogP contribution < -0.4 is 14.8 Å². The fraction of sp³-hybridized carbons (Fsp3) is 0.333. The summed E-state index contributed by atoms with van der Waals surface area (Å²) < 4.78 is 10.3. The van der Waals surface area contributed by atoms with E-state index in [0.29, 0.717) is 11.5 Å². The Morgan fingerprint density at radius 3 is 2.50 bits per heavy atom. The van der Waals surface area contributed by atoms with E-state index >= 15 is 0 Å². The van der Waals surface area contributed by atoms with Gasteiger partial charge >= 0.3 is 5.97 Å². The first-order valence-corrected chi connectivity index (χ1v) is 5.32. The Labute approximate surface area is 105 Å². The summed E-state index contributed by atoms with van der Waals surface area (Å²) in [5, 5.41) is 10.9. The van der Waals surface area contributed by atoms with E-state index in [2.05, 4.69) is 5.32 Å². The van der Waals surface area contributed by atoms with Gasteiger partial charge in [-0.1, -0.05) is 12.1 Å². The fourth-order valence-electron chi connectivity index (χ4n) is 1.23. The van der Waals surface area contributed by atoms with Gasteiger partial charge in [0.25, 0.3) is 5.91 Å². The smallest absolute Gasteiger partial charge is 0.325 e. The Hall–Kier alpha value is -2.24. The molecule has 1 aromatic carbocycles. The number of nitrogens with one attached hydrogen (secondary N) is 1. The minimum absolute atomic E-state index is 0.266. The number of hydrogen-bond acceptors (Lipinski definition) is 4. The summed E-state index contributed by atoms with van der Waals surface area (Å²) in [6.45, 7) is 1.11. The molecule has 0 aliphatic carbocycles. The minimum atomic E-state index is -1.10. The average Bonchev–Trinajstić information content (AvgIpc) is 2.36. The van der Waals surface area contributed by atoms with Crippen molar-refractivity contribution in [1.82, 2.24) is 5.32 Å². The number of carboxylic acids is 1. The molecular weight excluding hydrogens is 238 g/mol. The van der Waals surface area contributed by atoms with E-state index in [1.165, 1.54) is 14.0 Å². The van der Waals surface area contributed by atoms with Gasteiger partial charge in [-0.05, 0) is 19.1 Å². The van der Waals surface area contributed by atoms with Gasteiger partial charge in [0.15, 0.2) is 18.1 Å². The van der Waals surface area contributed by atoms with Gasteiger partial charge in [0.2, 0.25) is 0 Å². The number of para-hydroxylation sites is 2. The Morgan fingerprint density at radius 1 is 1.33 bits per heavy atom. The van der Waals surface area contributed by atoms with Gasteiger partial charge in [0.05, 0.1) is 7.11 Å². The van der Waals surface area contributed by atoms with Crippen molar-refractivity contribution < 1.29 is 24.2 Å². The van der Waals surface area contributed by atoms with E-state index in [1.54, 1.807) is 24.3 Å². The molecule has 0 spiro atoms. The first-order valence-electron chi connectivity index (χ1n) is 5.32. The molecule has 1 aromatic rings. The maximum Gasteiger partial charge on any atom is 0.325 e. The van der Waals surface area contributed by atoms with Crippen LogP contribution in [0.5, 0.6) is 11.5 Å². The third-order valence-corrected chi connectivity index (χ3v) is 2.18. The molecule has 1 unspecified atom stereocenters. The molecule has 1 rings (SSSR count). The number of aliphatic carboxylic acids is 1. The quantitative estimate of drug-likeness (QED) is 0.778. The second-order valence-electron chi connectivity index (χ2n) is 3.57. The van der Waals surface area contributed by atoms with Crippen LogP contribution in [0, 0.1) is 0 Å². The zero-order chi connectivity index (χ0) is 13.5. The summed E-state index contributed by atoms with van der Waals surface area (Å²) >= 11 is 0. The maximum absolute atomic E-state index is 11.4. The topological polar surface area (TPSA) is 84.9 Å². The number of rotatable bonds is 6. The molecule has 0 aromatic heterocycles. The lowest BCUT2D eigenvalue weighted by molar-refractivity contribution is -0.141. The van der Waals surface area contributed by atoms with Crippen LogP contribution in [-0.2, 0) is 9.59 Å². The van der Waals surface area contributed by atoms with Gasteiger partial charge in [0, 0.05) is 0 Å². The van der Waals surface area contributed by atoms with Crippen LogP contribution in [0.3, 0.4) is 0 Å². The van der Waals surface area contributed by atoms with Crippen LogP contribution in [0.4, 0.5) is 0 Å². The number of methoxy groups -OCH3 is 1. The van der Waals surface area contributed by atoms with Gasteiger partial charge in [-0.2, -0.15) is 0 Å². The number of ether oxygens (including phenoxy) is 2. The summed E-state index contributed by atoms with van der Waals surface area (Å²) in [5.74, 6) is -0.661. The van der Waals surface area contributed by atoms with Crippen molar-refractivity contribution in [3.8, 4) is 11.5 Å². The largest absolute Gasteiger partial charge is 0.493 e. The molecule has 0 heterocycles. The van der Waals surface area contributed by atoms with Crippen molar-refractivity contribution >= 4 is 11.9 Å². The molecule has 6 heteroatoms. The molecule has 1 atom stereocenters. The molecule has 6 nitrogen and oxygen atoms in total. The van der Waals surface area contributed by atoms with Crippen molar-refractivity contribution in [2.45, 2.75) is 13.0 Å². The molecular formula is C12H15NO5. The summed E-state index contributed by atoms with van der Waals surface area (Å²) in [6, 6.07) is 5.94. The van der Waals surface area contributed by atoms with Gasteiger partial charge < -0.3 is 19.9 Å². The highest BCUT2D eigenvalue weighted by molar-refractivity contribution is 5.84. The first-order chi connectivity index (χ1) is 8.54. The van der Waals surface area contributed by atoms with Crippen LogP contribution in [0.25, 0.3) is 0 Å². The maximum atomic E-state index is 11.4. The van der Waals surface area contributed by atoms with E-state index in [4.69, 9.17) is 14.6 Å². The molecule has 1 amide bonds. The zero-order valence-electron chi connectivity index (χ0n) is 10.2. The van der Waals surface area contributed by atoms with Crippen LogP contribution in [0.2, 0.25) is 0 Å². The third kappa shape index (κ3) is 3.97. The monoisotopic (exact) mass is 253 g/mol. The summed E-state index contributed by atoms with van der Waals surface area (Å²) in [4.78, 5) is 21.9. The number of carbonyl (C=O) groups is 2. The van der Waals surface area contributed by atoms with E-state index in [9.17, 15) is 9.59 Å². The van der Waals surface area contributed by atoms with Crippen LogP contribution in [0.1, 0.15) is 6.92 Å². The highest BCUT2D eigenvalue weighted by atomic mass is 16.5. The lowest BCUT2D eigenvalue weighted by atomic mass is 10.3. The fourth-order valence-corrected chi connectivity index (χ4v) is 1.23. The zero-order valence-corrected chi connectivity index (χ0v) is 10.2. The second kappa shape index (κ2) is 6.48.